The summed E-state index contributed by atoms with van der Waals surface area (Å²) in [6.45, 7) is 5.42. The lowest BCUT2D eigenvalue weighted by molar-refractivity contribution is -0.163. The van der Waals surface area contributed by atoms with Crippen molar-refractivity contribution >= 4 is 23.6 Å². The second-order valence-electron chi connectivity index (χ2n) is 7.96. The zero-order valence-corrected chi connectivity index (χ0v) is 16.6. The number of β-lactam (4-membered cyclic amide) rings is 1. The second-order valence-corrected chi connectivity index (χ2v) is 9.30. The fourth-order valence-electron chi connectivity index (χ4n) is 4.44. The number of aliphatic carboxylic acids is 1. The van der Waals surface area contributed by atoms with Gasteiger partial charge in [-0.15, -0.1) is 11.8 Å². The van der Waals surface area contributed by atoms with Crippen LogP contribution in [0, 0.1) is 11.8 Å². The first-order valence-electron chi connectivity index (χ1n) is 9.25. The Morgan fingerprint density at radius 3 is 2.62 bits per heavy atom. The number of fused-ring (bicyclic) bond motifs is 1. The van der Waals surface area contributed by atoms with Gasteiger partial charge in [-0.25, -0.2) is 4.79 Å². The Kier molecular flexibility index (Phi) is 5.67. The largest absolute Gasteiger partial charge is 0.477 e. The Hall–Kier alpha value is -1.09. The van der Waals surface area contributed by atoms with E-state index in [1.165, 1.54) is 4.90 Å². The monoisotopic (exact) mass is 383 g/mol. The maximum Gasteiger partial charge on any atom is 0.353 e. The van der Waals surface area contributed by atoms with Crippen molar-refractivity contribution in [2.24, 2.45) is 11.8 Å². The number of rotatable bonds is 6. The predicted octanol–water partition coefficient (Wildman–Crippen LogP) is 0.556. The van der Waals surface area contributed by atoms with Gasteiger partial charge in [-0.1, -0.05) is 6.92 Å². The van der Waals surface area contributed by atoms with Crippen LogP contribution in [0.4, 0.5) is 0 Å². The van der Waals surface area contributed by atoms with Crippen molar-refractivity contribution in [3.05, 3.63) is 10.6 Å². The first-order chi connectivity index (χ1) is 12.2. The standard InChI is InChI=1S/C18H29N3O4S/c1-9-14-13(10(2)22)17(23)21(14)15(18(24)25)16(9)26-12-6-5-11(19-7-12)8-20(3)4/h9-14,19,22H,5-8H2,1-4H3,(H,24,25)/t9-,10?,11?,12?,13-,14-/m1/s1. The summed E-state index contributed by atoms with van der Waals surface area (Å²) in [6, 6.07) is 0.242. The van der Waals surface area contributed by atoms with E-state index < -0.39 is 18.0 Å². The zero-order valence-electron chi connectivity index (χ0n) is 15.8. The number of carboxylic acid groups (broad SMARTS) is 1. The molecule has 146 valence electrons. The number of carboxylic acids is 1. The fraction of sp³-hybridized carbons (Fsp3) is 0.778. The molecule has 0 aromatic heterocycles. The molecule has 2 saturated heterocycles. The quantitative estimate of drug-likeness (QED) is 0.577. The molecule has 3 aliphatic heterocycles. The Morgan fingerprint density at radius 1 is 1.42 bits per heavy atom. The minimum absolute atomic E-state index is 0.0529. The second kappa shape index (κ2) is 7.50. The van der Waals surface area contributed by atoms with Crippen LogP contribution in [0.5, 0.6) is 0 Å². The summed E-state index contributed by atoms with van der Waals surface area (Å²) < 4.78 is 0. The molecular weight excluding hydrogens is 354 g/mol. The van der Waals surface area contributed by atoms with E-state index in [0.29, 0.717) is 11.3 Å². The van der Waals surface area contributed by atoms with Crippen LogP contribution < -0.4 is 5.32 Å². The number of nitrogens with zero attached hydrogens (tertiary/aromatic N) is 2. The van der Waals surface area contributed by atoms with E-state index in [1.54, 1.807) is 18.7 Å². The summed E-state index contributed by atoms with van der Waals surface area (Å²) in [5.74, 6) is -1.86. The highest BCUT2D eigenvalue weighted by molar-refractivity contribution is 8.03. The van der Waals surface area contributed by atoms with Gasteiger partial charge in [-0.2, -0.15) is 0 Å². The number of amides is 1. The molecule has 3 unspecified atom stereocenters. The summed E-state index contributed by atoms with van der Waals surface area (Å²) in [5, 5.41) is 23.5. The number of nitrogens with one attached hydrogen (secondary N) is 1. The average molecular weight is 384 g/mol. The molecule has 0 aromatic carbocycles. The van der Waals surface area contributed by atoms with Gasteiger partial charge in [0.05, 0.1) is 18.1 Å². The number of likely N-dealkylation sites (N-methyl/N-ethyl adjacent to an activating group) is 1. The lowest BCUT2D eigenvalue weighted by Crippen LogP contribution is -2.63. The lowest BCUT2D eigenvalue weighted by atomic mass is 9.79. The summed E-state index contributed by atoms with van der Waals surface area (Å²) in [4.78, 5) is 28.6. The van der Waals surface area contributed by atoms with Crippen LogP contribution in [0.25, 0.3) is 0 Å². The number of carbonyl (C=O) groups excluding carboxylic acids is 1. The molecule has 6 atom stereocenters. The molecule has 1 amide bonds. The van der Waals surface area contributed by atoms with Crippen molar-refractivity contribution in [2.75, 3.05) is 27.2 Å². The Bertz CT molecular complexity index is 614. The van der Waals surface area contributed by atoms with E-state index >= 15 is 0 Å². The summed E-state index contributed by atoms with van der Waals surface area (Å²) in [7, 11) is 4.12. The molecule has 0 bridgehead atoms. The summed E-state index contributed by atoms with van der Waals surface area (Å²) >= 11 is 1.60. The highest BCUT2D eigenvalue weighted by atomic mass is 32.2. The van der Waals surface area contributed by atoms with Crippen molar-refractivity contribution in [3.63, 3.8) is 0 Å². The number of thioether (sulfide) groups is 1. The Labute approximate surface area is 158 Å². The minimum atomic E-state index is -1.05. The van der Waals surface area contributed by atoms with E-state index in [0.717, 1.165) is 30.8 Å². The van der Waals surface area contributed by atoms with E-state index in [-0.39, 0.29) is 23.6 Å². The van der Waals surface area contributed by atoms with Crippen LogP contribution in [-0.4, -0.2) is 82.5 Å². The molecule has 3 aliphatic rings. The normalized spacial score (nSPS) is 35.5. The first-order valence-corrected chi connectivity index (χ1v) is 10.1. The van der Waals surface area contributed by atoms with Crippen LogP contribution in [0.2, 0.25) is 0 Å². The highest BCUT2D eigenvalue weighted by Crippen LogP contribution is 2.51. The number of aliphatic hydroxyl groups excluding tert-OH is 1. The van der Waals surface area contributed by atoms with Crippen molar-refractivity contribution in [3.8, 4) is 0 Å². The van der Waals surface area contributed by atoms with Gasteiger partial charge in [-0.05, 0) is 33.9 Å². The minimum Gasteiger partial charge on any atom is -0.477 e. The smallest absolute Gasteiger partial charge is 0.353 e. The van der Waals surface area contributed by atoms with Gasteiger partial charge in [0.1, 0.15) is 5.70 Å². The molecule has 26 heavy (non-hydrogen) atoms. The number of aliphatic hydroxyl groups is 1. The van der Waals surface area contributed by atoms with Crippen molar-refractivity contribution in [1.29, 1.82) is 0 Å². The SMILES string of the molecule is CC(O)[C@H]1C(=O)N2C(C(=O)O)=C(SC3CCC(CN(C)C)NC3)[C@H](C)[C@H]12. The maximum absolute atomic E-state index is 12.4. The molecule has 0 aromatic rings. The molecule has 3 N–H and O–H groups in total. The third kappa shape index (κ3) is 3.40. The van der Waals surface area contributed by atoms with Gasteiger partial charge in [-0.3, -0.25) is 4.79 Å². The van der Waals surface area contributed by atoms with Gasteiger partial charge >= 0.3 is 5.97 Å². The Balaban J connectivity index is 1.71. The van der Waals surface area contributed by atoms with Gasteiger partial charge in [0.2, 0.25) is 5.91 Å². The molecule has 0 radical (unpaired) electrons. The fourth-order valence-corrected chi connectivity index (χ4v) is 5.89. The Morgan fingerprint density at radius 2 is 2.12 bits per heavy atom. The van der Waals surface area contributed by atoms with Crippen molar-refractivity contribution < 1.29 is 19.8 Å². The van der Waals surface area contributed by atoms with Gasteiger partial charge < -0.3 is 25.3 Å². The average Bonchev–Trinajstić information content (AvgIpc) is 2.78. The third-order valence-corrected chi connectivity index (χ3v) is 7.22. The topological polar surface area (TPSA) is 93.1 Å². The zero-order chi connectivity index (χ0) is 19.2. The van der Waals surface area contributed by atoms with Crippen LogP contribution in [0.3, 0.4) is 0 Å². The maximum atomic E-state index is 12.4. The molecule has 2 fully saturated rings. The van der Waals surface area contributed by atoms with E-state index in [9.17, 15) is 19.8 Å². The molecular formula is C18H29N3O4S. The number of carbonyl (C=O) groups is 2. The molecule has 7 nitrogen and oxygen atoms in total. The molecule has 0 aliphatic carbocycles. The molecule has 0 spiro atoms. The third-order valence-electron chi connectivity index (χ3n) is 5.66. The predicted molar refractivity (Wildman–Crippen MR) is 101 cm³/mol. The lowest BCUT2D eigenvalue weighted by Gasteiger charge is -2.46. The van der Waals surface area contributed by atoms with E-state index in [1.807, 2.05) is 6.92 Å². The van der Waals surface area contributed by atoms with Gasteiger partial charge in [0, 0.05) is 35.2 Å². The van der Waals surface area contributed by atoms with Crippen LogP contribution in [-0.2, 0) is 9.59 Å². The van der Waals surface area contributed by atoms with Crippen molar-refractivity contribution in [2.45, 2.75) is 50.1 Å². The van der Waals surface area contributed by atoms with E-state index in [4.69, 9.17) is 0 Å². The van der Waals surface area contributed by atoms with Gasteiger partial charge in [0.25, 0.3) is 0 Å². The van der Waals surface area contributed by atoms with Gasteiger partial charge in [0.15, 0.2) is 0 Å². The number of hydrogen-bond donors (Lipinski definition) is 3. The van der Waals surface area contributed by atoms with Crippen LogP contribution in [0.1, 0.15) is 26.7 Å². The number of piperidine rings is 1. The highest BCUT2D eigenvalue weighted by Gasteiger charge is 2.60. The summed E-state index contributed by atoms with van der Waals surface area (Å²) in [5.41, 5.74) is 0.129. The molecule has 3 heterocycles. The van der Waals surface area contributed by atoms with Crippen LogP contribution in [0.15, 0.2) is 10.6 Å². The number of hydrogen-bond acceptors (Lipinski definition) is 6. The van der Waals surface area contributed by atoms with Crippen molar-refractivity contribution in [1.82, 2.24) is 15.1 Å². The van der Waals surface area contributed by atoms with Crippen LogP contribution >= 0.6 is 11.8 Å². The van der Waals surface area contributed by atoms with E-state index in [2.05, 4.69) is 24.3 Å². The summed E-state index contributed by atoms with van der Waals surface area (Å²) in [6.07, 6.45) is 1.33. The molecule has 3 rings (SSSR count). The molecule has 8 heteroatoms. The first kappa shape index (κ1) is 19.7. The molecule has 0 saturated carbocycles.